The molecule has 0 aromatic rings. The predicted molar refractivity (Wildman–Crippen MR) is 92.4 cm³/mol. The van der Waals surface area contributed by atoms with Gasteiger partial charge >= 0.3 is 0 Å². The molecule has 2 aliphatic rings. The first-order valence-corrected chi connectivity index (χ1v) is 8.66. The van der Waals surface area contributed by atoms with E-state index in [9.17, 15) is 10.2 Å². The molecule has 2 aliphatic carbocycles. The van der Waals surface area contributed by atoms with E-state index in [0.29, 0.717) is 18.3 Å². The Morgan fingerprint density at radius 1 is 1.41 bits per heavy atom. The molecule has 0 heterocycles. The highest BCUT2D eigenvalue weighted by molar-refractivity contribution is 5.25. The molecule has 0 spiro atoms. The summed E-state index contributed by atoms with van der Waals surface area (Å²) in [5, 5.41) is 21.7. The van der Waals surface area contributed by atoms with Crippen LogP contribution in [0.15, 0.2) is 35.5 Å². The van der Waals surface area contributed by atoms with Gasteiger partial charge in [-0.1, -0.05) is 42.4 Å². The van der Waals surface area contributed by atoms with Crippen LogP contribution in [0.4, 0.5) is 0 Å². The summed E-state index contributed by atoms with van der Waals surface area (Å²) < 4.78 is 0. The van der Waals surface area contributed by atoms with Crippen LogP contribution in [0.25, 0.3) is 0 Å². The third kappa shape index (κ3) is 3.55. The van der Waals surface area contributed by atoms with Gasteiger partial charge in [0.2, 0.25) is 0 Å². The summed E-state index contributed by atoms with van der Waals surface area (Å²) >= 11 is 0. The van der Waals surface area contributed by atoms with Gasteiger partial charge in [-0.25, -0.2) is 0 Å². The van der Waals surface area contributed by atoms with E-state index in [-0.39, 0.29) is 11.8 Å². The van der Waals surface area contributed by atoms with E-state index in [2.05, 4.69) is 46.4 Å². The Balaban J connectivity index is 2.16. The first kappa shape index (κ1) is 17.5. The van der Waals surface area contributed by atoms with Crippen molar-refractivity contribution in [2.45, 2.75) is 65.6 Å². The molecule has 0 aromatic heterocycles. The van der Waals surface area contributed by atoms with Crippen molar-refractivity contribution in [1.29, 1.82) is 0 Å². The van der Waals surface area contributed by atoms with Gasteiger partial charge < -0.3 is 10.2 Å². The topological polar surface area (TPSA) is 40.5 Å². The molecule has 2 heteroatoms. The van der Waals surface area contributed by atoms with Crippen molar-refractivity contribution >= 4 is 0 Å². The van der Waals surface area contributed by atoms with Crippen molar-refractivity contribution in [2.75, 3.05) is 0 Å². The van der Waals surface area contributed by atoms with Crippen LogP contribution in [-0.2, 0) is 0 Å². The Labute approximate surface area is 135 Å². The average Bonchev–Trinajstić information content (AvgIpc) is 2.75. The third-order valence-electron chi connectivity index (χ3n) is 5.69. The van der Waals surface area contributed by atoms with Crippen molar-refractivity contribution in [3.8, 4) is 0 Å². The molecule has 2 rings (SSSR count). The fourth-order valence-electron chi connectivity index (χ4n) is 4.41. The van der Waals surface area contributed by atoms with Crippen LogP contribution >= 0.6 is 0 Å². The highest BCUT2D eigenvalue weighted by Crippen LogP contribution is 2.47. The van der Waals surface area contributed by atoms with Crippen LogP contribution < -0.4 is 0 Å². The highest BCUT2D eigenvalue weighted by atomic mass is 16.3. The van der Waals surface area contributed by atoms with Crippen molar-refractivity contribution < 1.29 is 10.2 Å². The number of rotatable bonds is 4. The Kier molecular flexibility index (Phi) is 5.68. The van der Waals surface area contributed by atoms with Gasteiger partial charge in [-0.2, -0.15) is 0 Å². The van der Waals surface area contributed by atoms with Crippen LogP contribution in [0.3, 0.4) is 0 Å². The first-order chi connectivity index (χ1) is 10.3. The summed E-state index contributed by atoms with van der Waals surface area (Å²) in [6, 6.07) is 0. The molecule has 0 aromatic carbocycles. The Hall–Kier alpha value is -0.860. The SMILES string of the molecule is C=C1C[C@@H](O)[C@@H]([C@H](C)CCC=C(C)C)[C@@H](O)[C@@H]2C(C)=CC[C@@H]12. The molecule has 1 fully saturated rings. The molecular formula is C20H32O2. The minimum Gasteiger partial charge on any atom is -0.392 e. The summed E-state index contributed by atoms with van der Waals surface area (Å²) in [4.78, 5) is 0. The zero-order valence-electron chi connectivity index (χ0n) is 14.5. The first-order valence-electron chi connectivity index (χ1n) is 8.66. The van der Waals surface area contributed by atoms with Gasteiger partial charge in [0.05, 0.1) is 12.2 Å². The number of fused-ring (bicyclic) bond motifs is 1. The van der Waals surface area contributed by atoms with E-state index in [0.717, 1.165) is 24.8 Å². The summed E-state index contributed by atoms with van der Waals surface area (Å²) in [6.45, 7) is 12.7. The van der Waals surface area contributed by atoms with E-state index in [1.807, 2.05) is 0 Å². The summed E-state index contributed by atoms with van der Waals surface area (Å²) in [6.07, 6.45) is 7.19. The number of hydrogen-bond donors (Lipinski definition) is 2. The van der Waals surface area contributed by atoms with Gasteiger partial charge in [-0.05, 0) is 58.3 Å². The standard InChI is InChI=1S/C20H32O2/c1-12(2)7-6-8-13(3)19-17(21)11-15(5)16-10-9-14(4)18(16)20(19)22/h7,9,13,16-22H,5-6,8,10-11H2,1-4H3/t13-,16+,17-,18-,19-,20+/m1/s1. The molecule has 0 bridgehead atoms. The third-order valence-corrected chi connectivity index (χ3v) is 5.69. The summed E-state index contributed by atoms with van der Waals surface area (Å²) in [7, 11) is 0. The molecule has 2 nitrogen and oxygen atoms in total. The number of aliphatic hydroxyl groups is 2. The Bertz CT molecular complexity index is 470. The fraction of sp³-hybridized carbons (Fsp3) is 0.700. The maximum atomic E-state index is 11.0. The molecule has 124 valence electrons. The summed E-state index contributed by atoms with van der Waals surface area (Å²) in [5.74, 6) is 0.722. The zero-order chi connectivity index (χ0) is 16.4. The largest absolute Gasteiger partial charge is 0.392 e. The van der Waals surface area contributed by atoms with Crippen LogP contribution in [0.1, 0.15) is 53.4 Å². The Morgan fingerprint density at radius 3 is 2.73 bits per heavy atom. The van der Waals surface area contributed by atoms with Gasteiger partial charge in [-0.3, -0.25) is 0 Å². The fourth-order valence-corrected chi connectivity index (χ4v) is 4.41. The number of allylic oxidation sites excluding steroid dienone is 3. The highest BCUT2D eigenvalue weighted by Gasteiger charge is 2.45. The molecule has 2 N–H and O–H groups in total. The van der Waals surface area contributed by atoms with Crippen LogP contribution in [0, 0.1) is 23.7 Å². The van der Waals surface area contributed by atoms with Crippen molar-refractivity contribution in [3.05, 3.63) is 35.5 Å². The van der Waals surface area contributed by atoms with Gasteiger partial charge in [0, 0.05) is 11.8 Å². The van der Waals surface area contributed by atoms with E-state index in [1.54, 1.807) is 0 Å². The Morgan fingerprint density at radius 2 is 2.09 bits per heavy atom. The lowest BCUT2D eigenvalue weighted by Crippen LogP contribution is -2.40. The second-order valence-corrected chi connectivity index (χ2v) is 7.65. The maximum Gasteiger partial charge on any atom is 0.0666 e. The second-order valence-electron chi connectivity index (χ2n) is 7.65. The van der Waals surface area contributed by atoms with E-state index < -0.39 is 12.2 Å². The average molecular weight is 304 g/mol. The molecular weight excluding hydrogens is 272 g/mol. The molecule has 22 heavy (non-hydrogen) atoms. The molecule has 0 aliphatic heterocycles. The summed E-state index contributed by atoms with van der Waals surface area (Å²) in [5.41, 5.74) is 3.72. The smallest absolute Gasteiger partial charge is 0.0666 e. The monoisotopic (exact) mass is 304 g/mol. The molecule has 1 saturated carbocycles. The van der Waals surface area contributed by atoms with Crippen molar-refractivity contribution in [3.63, 3.8) is 0 Å². The molecule has 0 saturated heterocycles. The van der Waals surface area contributed by atoms with E-state index in [1.165, 1.54) is 11.1 Å². The zero-order valence-corrected chi connectivity index (χ0v) is 14.5. The maximum absolute atomic E-state index is 11.0. The lowest BCUT2D eigenvalue weighted by molar-refractivity contribution is -0.0311. The minimum atomic E-state index is -0.470. The molecule has 0 radical (unpaired) electrons. The predicted octanol–water partition coefficient (Wildman–Crippen LogP) is 4.25. The van der Waals surface area contributed by atoms with E-state index in [4.69, 9.17) is 0 Å². The minimum absolute atomic E-state index is 0.0567. The van der Waals surface area contributed by atoms with Crippen LogP contribution in [0.5, 0.6) is 0 Å². The number of hydrogen-bond acceptors (Lipinski definition) is 2. The van der Waals surface area contributed by atoms with Gasteiger partial charge in [0.15, 0.2) is 0 Å². The van der Waals surface area contributed by atoms with Gasteiger partial charge in [0.25, 0.3) is 0 Å². The quantitative estimate of drug-likeness (QED) is 0.762. The van der Waals surface area contributed by atoms with Gasteiger partial charge in [0.1, 0.15) is 0 Å². The van der Waals surface area contributed by atoms with Crippen molar-refractivity contribution in [2.24, 2.45) is 23.7 Å². The molecule has 6 atom stereocenters. The normalized spacial score (nSPS) is 36.4. The lowest BCUT2D eigenvalue weighted by atomic mass is 9.75. The van der Waals surface area contributed by atoms with Crippen molar-refractivity contribution in [1.82, 2.24) is 0 Å². The number of aliphatic hydroxyl groups excluding tert-OH is 2. The van der Waals surface area contributed by atoms with Gasteiger partial charge in [-0.15, -0.1) is 0 Å². The molecule has 0 amide bonds. The van der Waals surface area contributed by atoms with Crippen LogP contribution in [-0.4, -0.2) is 22.4 Å². The lowest BCUT2D eigenvalue weighted by Gasteiger charge is -2.34. The molecule has 0 unspecified atom stereocenters. The van der Waals surface area contributed by atoms with Crippen LogP contribution in [0.2, 0.25) is 0 Å². The second kappa shape index (κ2) is 7.14. The van der Waals surface area contributed by atoms with E-state index >= 15 is 0 Å².